The van der Waals surface area contributed by atoms with Gasteiger partial charge in [-0.05, 0) is 42.8 Å². The molecule has 0 saturated carbocycles. The molecule has 7 nitrogen and oxygen atoms in total. The molecule has 3 heterocycles. The topological polar surface area (TPSA) is 77.7 Å². The van der Waals surface area contributed by atoms with Crippen molar-refractivity contribution in [2.24, 2.45) is 0 Å². The molecule has 0 atom stereocenters. The number of aromatic nitrogens is 2. The summed E-state index contributed by atoms with van der Waals surface area (Å²) >= 11 is 0. The minimum atomic E-state index is -0.432. The van der Waals surface area contributed by atoms with Crippen LogP contribution in [-0.2, 0) is 6.54 Å². The van der Waals surface area contributed by atoms with E-state index in [1.807, 2.05) is 18.2 Å². The fourth-order valence-corrected chi connectivity index (χ4v) is 3.81. The molecule has 0 unspecified atom stereocenters. The number of aryl methyl sites for hydroxylation is 1. The van der Waals surface area contributed by atoms with Gasteiger partial charge in [-0.25, -0.2) is 9.37 Å². The number of halogens is 1. The molecule has 0 bridgehead atoms. The van der Waals surface area contributed by atoms with E-state index >= 15 is 0 Å². The van der Waals surface area contributed by atoms with Crippen molar-refractivity contribution >= 4 is 17.0 Å². The number of hydrogen-bond acceptors (Lipinski definition) is 6. The zero-order valence-corrected chi connectivity index (χ0v) is 17.6. The maximum Gasteiger partial charge on any atom is 0.259 e. The molecule has 1 aliphatic rings. The van der Waals surface area contributed by atoms with E-state index in [9.17, 15) is 9.18 Å². The fraction of sp³-hybridized carbons (Fsp3) is 0.208. The van der Waals surface area contributed by atoms with Crippen molar-refractivity contribution in [3.8, 4) is 22.8 Å². The van der Waals surface area contributed by atoms with Gasteiger partial charge in [-0.1, -0.05) is 23.4 Å². The monoisotopic (exact) mass is 433 g/mol. The van der Waals surface area contributed by atoms with Crippen molar-refractivity contribution < 1.29 is 23.2 Å². The smallest absolute Gasteiger partial charge is 0.259 e. The number of carbonyl (C=O) groups excluding carboxylic acids is 1. The third-order valence-corrected chi connectivity index (χ3v) is 5.37. The molecule has 8 heteroatoms. The molecule has 2 aromatic heterocycles. The number of rotatable bonds is 4. The maximum atomic E-state index is 14.4. The van der Waals surface area contributed by atoms with Crippen molar-refractivity contribution in [2.45, 2.75) is 13.5 Å². The second-order valence-electron chi connectivity index (χ2n) is 7.62. The Hall–Kier alpha value is -3.94. The molecule has 0 radical (unpaired) electrons. The summed E-state index contributed by atoms with van der Waals surface area (Å²) in [4.78, 5) is 19.4. The number of carbonyl (C=O) groups is 1. The second kappa shape index (κ2) is 7.96. The highest BCUT2D eigenvalue weighted by Crippen LogP contribution is 2.32. The Labute approximate surface area is 183 Å². The van der Waals surface area contributed by atoms with Crippen molar-refractivity contribution in [1.82, 2.24) is 15.0 Å². The zero-order valence-electron chi connectivity index (χ0n) is 17.6. The average molecular weight is 433 g/mol. The van der Waals surface area contributed by atoms with E-state index in [4.69, 9.17) is 14.0 Å². The van der Waals surface area contributed by atoms with Crippen LogP contribution in [0.2, 0.25) is 0 Å². The summed E-state index contributed by atoms with van der Waals surface area (Å²) in [6.07, 6.45) is 0. The Kier molecular flexibility index (Phi) is 4.97. The quantitative estimate of drug-likeness (QED) is 0.475. The largest absolute Gasteiger partial charge is 0.486 e. The number of ether oxygens (including phenoxy) is 2. The summed E-state index contributed by atoms with van der Waals surface area (Å²) < 4.78 is 30.9. The average Bonchev–Trinajstić information content (AvgIpc) is 3.19. The summed E-state index contributed by atoms with van der Waals surface area (Å²) in [6.45, 7) is 3.10. The second-order valence-corrected chi connectivity index (χ2v) is 7.62. The van der Waals surface area contributed by atoms with Gasteiger partial charge in [0, 0.05) is 19.2 Å². The summed E-state index contributed by atoms with van der Waals surface area (Å²) in [5.41, 5.74) is 2.58. The third kappa shape index (κ3) is 3.53. The van der Waals surface area contributed by atoms with Gasteiger partial charge >= 0.3 is 0 Å². The Morgan fingerprint density at radius 2 is 1.88 bits per heavy atom. The Morgan fingerprint density at radius 3 is 2.69 bits per heavy atom. The lowest BCUT2D eigenvalue weighted by atomic mass is 10.0. The van der Waals surface area contributed by atoms with E-state index in [0.29, 0.717) is 53.6 Å². The molecule has 5 rings (SSSR count). The molecule has 0 fully saturated rings. The predicted octanol–water partition coefficient (Wildman–Crippen LogP) is 4.38. The van der Waals surface area contributed by atoms with Gasteiger partial charge in [-0.3, -0.25) is 4.79 Å². The lowest BCUT2D eigenvalue weighted by Crippen LogP contribution is -2.26. The third-order valence-electron chi connectivity index (χ3n) is 5.37. The molecule has 0 saturated heterocycles. The Balaban J connectivity index is 1.51. The number of amides is 1. The number of hydrogen-bond donors (Lipinski definition) is 0. The molecule has 4 aromatic rings. The molecule has 2 aromatic carbocycles. The van der Waals surface area contributed by atoms with Crippen LogP contribution in [0.4, 0.5) is 4.39 Å². The van der Waals surface area contributed by atoms with Gasteiger partial charge in [0.05, 0.1) is 22.3 Å². The van der Waals surface area contributed by atoms with Gasteiger partial charge < -0.3 is 18.9 Å². The van der Waals surface area contributed by atoms with Crippen LogP contribution in [0.1, 0.15) is 21.6 Å². The van der Waals surface area contributed by atoms with Crippen molar-refractivity contribution in [2.75, 3.05) is 20.3 Å². The molecule has 32 heavy (non-hydrogen) atoms. The molecule has 0 spiro atoms. The predicted molar refractivity (Wildman–Crippen MR) is 115 cm³/mol. The van der Waals surface area contributed by atoms with E-state index in [-0.39, 0.29) is 17.2 Å². The van der Waals surface area contributed by atoms with E-state index in [0.717, 1.165) is 5.56 Å². The van der Waals surface area contributed by atoms with Gasteiger partial charge in [0.2, 0.25) is 0 Å². The molecule has 1 amide bonds. The summed E-state index contributed by atoms with van der Waals surface area (Å²) in [5.74, 6) is 0.673. The molecule has 0 N–H and O–H groups in total. The highest BCUT2D eigenvalue weighted by atomic mass is 19.1. The fourth-order valence-electron chi connectivity index (χ4n) is 3.81. The molecule has 162 valence electrons. The molecule has 1 aliphatic heterocycles. The van der Waals surface area contributed by atoms with E-state index < -0.39 is 5.82 Å². The summed E-state index contributed by atoms with van der Waals surface area (Å²) in [7, 11) is 1.71. The van der Waals surface area contributed by atoms with Crippen molar-refractivity contribution in [3.63, 3.8) is 0 Å². The first kappa shape index (κ1) is 20.0. The van der Waals surface area contributed by atoms with Crippen LogP contribution < -0.4 is 9.47 Å². The van der Waals surface area contributed by atoms with Gasteiger partial charge in [0.25, 0.3) is 11.6 Å². The maximum absolute atomic E-state index is 14.4. The lowest BCUT2D eigenvalue weighted by molar-refractivity contribution is 0.0786. The van der Waals surface area contributed by atoms with E-state index in [2.05, 4.69) is 10.1 Å². The van der Waals surface area contributed by atoms with Crippen molar-refractivity contribution in [3.05, 3.63) is 71.2 Å². The molecular weight excluding hydrogens is 413 g/mol. The van der Waals surface area contributed by atoms with Crippen LogP contribution in [-0.4, -0.2) is 41.2 Å². The Bertz CT molecular complexity index is 1330. The lowest BCUT2D eigenvalue weighted by Gasteiger charge is -2.21. The van der Waals surface area contributed by atoms with Gasteiger partial charge in [-0.15, -0.1) is 0 Å². The molecular formula is C24H20FN3O4. The Morgan fingerprint density at radius 1 is 1.09 bits per heavy atom. The minimum absolute atomic E-state index is 0.194. The number of pyridine rings is 1. The van der Waals surface area contributed by atoms with Crippen molar-refractivity contribution in [1.29, 1.82) is 0 Å². The van der Waals surface area contributed by atoms with Gasteiger partial charge in [0.1, 0.15) is 19.0 Å². The normalized spacial score (nSPS) is 12.7. The highest BCUT2D eigenvalue weighted by Gasteiger charge is 2.23. The van der Waals surface area contributed by atoms with Crippen LogP contribution >= 0.6 is 0 Å². The van der Waals surface area contributed by atoms with Gasteiger partial charge in [0.15, 0.2) is 11.5 Å². The van der Waals surface area contributed by atoms with E-state index in [1.54, 1.807) is 43.1 Å². The first-order valence-electron chi connectivity index (χ1n) is 10.2. The van der Waals surface area contributed by atoms with Gasteiger partial charge in [-0.2, -0.15) is 0 Å². The molecule has 0 aliphatic carbocycles. The number of nitrogens with zero attached hydrogens (tertiary/aromatic N) is 3. The number of fused-ring (bicyclic) bond motifs is 2. The standard InChI is InChI=1S/C24H20FN3O4/c1-14-22-17(12-19(26-23(22)32-27-14)16-5-3-4-6-18(16)25)24(29)28(2)13-15-7-8-20-21(11-15)31-10-9-30-20/h3-8,11-12H,9-10,13H2,1-2H3. The van der Waals surface area contributed by atoms with E-state index in [1.165, 1.54) is 6.07 Å². The SMILES string of the molecule is Cc1noc2nc(-c3ccccc3F)cc(C(=O)N(C)Cc3ccc4c(c3)OCCO4)c12. The highest BCUT2D eigenvalue weighted by molar-refractivity contribution is 6.06. The first-order valence-corrected chi connectivity index (χ1v) is 10.2. The van der Waals surface area contributed by atoms with Crippen LogP contribution in [0.3, 0.4) is 0 Å². The minimum Gasteiger partial charge on any atom is -0.486 e. The number of benzene rings is 2. The zero-order chi connectivity index (χ0) is 22.2. The summed E-state index contributed by atoms with van der Waals surface area (Å²) in [5, 5.41) is 4.47. The van der Waals surface area contributed by atoms with Crippen LogP contribution in [0.25, 0.3) is 22.4 Å². The first-order chi connectivity index (χ1) is 15.5. The van der Waals surface area contributed by atoms with Crippen LogP contribution in [0, 0.1) is 12.7 Å². The van der Waals surface area contributed by atoms with Crippen LogP contribution in [0.5, 0.6) is 11.5 Å². The van der Waals surface area contributed by atoms with Crippen LogP contribution in [0.15, 0.2) is 53.1 Å². The summed E-state index contributed by atoms with van der Waals surface area (Å²) in [6, 6.07) is 13.5.